The van der Waals surface area contributed by atoms with Crippen molar-refractivity contribution in [3.63, 3.8) is 0 Å². The number of rotatable bonds is 7. The number of benzene rings is 1. The third kappa shape index (κ3) is 5.27. The van der Waals surface area contributed by atoms with Crippen molar-refractivity contribution in [1.82, 2.24) is 25.0 Å². The third-order valence-corrected chi connectivity index (χ3v) is 5.86. The van der Waals surface area contributed by atoms with E-state index in [2.05, 4.69) is 15.2 Å². The molecule has 0 spiro atoms. The number of nitrogens with zero attached hydrogens (tertiary/aromatic N) is 4. The van der Waals surface area contributed by atoms with Gasteiger partial charge in [0.05, 0.1) is 13.0 Å². The van der Waals surface area contributed by atoms with Crippen LogP contribution in [0.3, 0.4) is 0 Å². The van der Waals surface area contributed by atoms with Gasteiger partial charge in [-0.1, -0.05) is 30.3 Å². The van der Waals surface area contributed by atoms with Gasteiger partial charge in [0, 0.05) is 45.1 Å². The Kier molecular flexibility index (Phi) is 6.57. The molecule has 3 heterocycles. The zero-order valence-corrected chi connectivity index (χ0v) is 17.4. The van der Waals surface area contributed by atoms with E-state index in [1.54, 1.807) is 17.3 Å². The lowest BCUT2D eigenvalue weighted by molar-refractivity contribution is -0.137. The Morgan fingerprint density at radius 2 is 1.68 bits per heavy atom. The van der Waals surface area contributed by atoms with Crippen molar-refractivity contribution in [2.45, 2.75) is 25.4 Å². The average Bonchev–Trinajstić information content (AvgIpc) is 3.06. The van der Waals surface area contributed by atoms with E-state index in [9.17, 15) is 14.4 Å². The van der Waals surface area contributed by atoms with E-state index in [0.717, 1.165) is 31.6 Å². The minimum atomic E-state index is -0.784. The molecule has 2 saturated heterocycles. The molecule has 0 aliphatic carbocycles. The highest BCUT2D eigenvalue weighted by molar-refractivity contribution is 6.05. The summed E-state index contributed by atoms with van der Waals surface area (Å²) in [7, 11) is 0. The molecule has 2 aliphatic heterocycles. The van der Waals surface area contributed by atoms with Crippen LogP contribution >= 0.6 is 0 Å². The summed E-state index contributed by atoms with van der Waals surface area (Å²) >= 11 is 0. The van der Waals surface area contributed by atoms with E-state index in [1.165, 1.54) is 10.5 Å². The van der Waals surface area contributed by atoms with Crippen LogP contribution in [0.5, 0.6) is 0 Å². The Balaban J connectivity index is 1.23. The van der Waals surface area contributed by atoms with E-state index in [4.69, 9.17) is 0 Å². The zero-order chi connectivity index (χ0) is 21.6. The molecule has 31 heavy (non-hydrogen) atoms. The van der Waals surface area contributed by atoms with Gasteiger partial charge < -0.3 is 10.2 Å². The Hall–Kier alpha value is -3.26. The van der Waals surface area contributed by atoms with E-state index in [-0.39, 0.29) is 24.8 Å². The number of urea groups is 1. The monoisotopic (exact) mass is 421 g/mol. The van der Waals surface area contributed by atoms with Gasteiger partial charge in [-0.05, 0) is 29.7 Å². The summed E-state index contributed by atoms with van der Waals surface area (Å²) in [5, 5.41) is 2.67. The molecule has 4 rings (SSSR count). The summed E-state index contributed by atoms with van der Waals surface area (Å²) in [6, 6.07) is 12.2. The molecule has 162 valence electrons. The second kappa shape index (κ2) is 9.70. The number of nitrogens with one attached hydrogen (secondary N) is 1. The summed E-state index contributed by atoms with van der Waals surface area (Å²) in [4.78, 5) is 47.0. The number of hydrogen-bond donors (Lipinski definition) is 1. The molecule has 0 radical (unpaired) electrons. The topological polar surface area (TPSA) is 85.8 Å². The van der Waals surface area contributed by atoms with E-state index >= 15 is 0 Å². The number of pyridine rings is 1. The molecular weight excluding hydrogens is 394 g/mol. The maximum atomic E-state index is 12.7. The van der Waals surface area contributed by atoms with Crippen LogP contribution in [0.2, 0.25) is 0 Å². The van der Waals surface area contributed by atoms with Crippen molar-refractivity contribution >= 4 is 17.8 Å². The summed E-state index contributed by atoms with van der Waals surface area (Å²) in [6.45, 7) is 4.05. The zero-order valence-electron chi connectivity index (χ0n) is 17.4. The van der Waals surface area contributed by atoms with Gasteiger partial charge in [-0.25, -0.2) is 4.79 Å². The van der Waals surface area contributed by atoms with Crippen LogP contribution in [0.25, 0.3) is 0 Å². The fourth-order valence-electron chi connectivity index (χ4n) is 3.99. The fraction of sp³-hybridized carbons (Fsp3) is 0.391. The van der Waals surface area contributed by atoms with Crippen LogP contribution in [-0.4, -0.2) is 76.3 Å². The Labute approximate surface area is 181 Å². The minimum absolute atomic E-state index is 0.00682. The molecule has 1 N–H and O–H groups in total. The fourth-order valence-corrected chi connectivity index (χ4v) is 3.99. The van der Waals surface area contributed by atoms with Gasteiger partial charge in [0.15, 0.2) is 0 Å². The molecule has 0 unspecified atom stereocenters. The highest BCUT2D eigenvalue weighted by Crippen LogP contribution is 2.16. The van der Waals surface area contributed by atoms with Crippen molar-refractivity contribution in [2.24, 2.45) is 0 Å². The first-order chi connectivity index (χ1) is 15.1. The molecule has 1 aromatic heterocycles. The number of carbonyl (C=O) groups is 3. The number of carbonyl (C=O) groups excluding carboxylic acids is 3. The molecular formula is C23H27N5O3. The van der Waals surface area contributed by atoms with Crippen LogP contribution in [-0.2, 0) is 22.6 Å². The maximum Gasteiger partial charge on any atom is 0.325 e. The largest absolute Gasteiger partial charge is 0.340 e. The lowest BCUT2D eigenvalue weighted by Gasteiger charge is -2.35. The van der Waals surface area contributed by atoms with Gasteiger partial charge in [0.25, 0.3) is 5.91 Å². The molecule has 1 atom stereocenters. The summed E-state index contributed by atoms with van der Waals surface area (Å²) < 4.78 is 0. The lowest BCUT2D eigenvalue weighted by Crippen LogP contribution is -2.50. The quantitative estimate of drug-likeness (QED) is 0.681. The first-order valence-corrected chi connectivity index (χ1v) is 10.6. The van der Waals surface area contributed by atoms with Crippen LogP contribution in [0.1, 0.15) is 17.5 Å². The molecule has 8 heteroatoms. The SMILES string of the molecule is O=C(C[C@H]1NC(=O)N(Cc2ccccc2)C1=O)N1CCN(CCc2ccncc2)CC1. The van der Waals surface area contributed by atoms with Gasteiger partial charge in [-0.2, -0.15) is 0 Å². The second-order valence-electron chi connectivity index (χ2n) is 7.94. The highest BCUT2D eigenvalue weighted by atomic mass is 16.2. The average molecular weight is 422 g/mol. The van der Waals surface area contributed by atoms with E-state index in [1.807, 2.05) is 42.5 Å². The molecule has 1 aromatic carbocycles. The Bertz CT molecular complexity index is 913. The number of aromatic nitrogens is 1. The van der Waals surface area contributed by atoms with Crippen LogP contribution in [0, 0.1) is 0 Å². The molecule has 4 amide bonds. The highest BCUT2D eigenvalue weighted by Gasteiger charge is 2.39. The van der Waals surface area contributed by atoms with Crippen molar-refractivity contribution < 1.29 is 14.4 Å². The smallest absolute Gasteiger partial charge is 0.325 e. The number of amides is 4. The minimum Gasteiger partial charge on any atom is -0.340 e. The standard InChI is InChI=1S/C23H27N5O3/c29-21(27-14-12-26(13-15-27)11-8-18-6-9-24-10-7-18)16-20-22(30)28(23(31)25-20)17-19-4-2-1-3-5-19/h1-7,9-10,20H,8,11-17H2,(H,25,31)/t20-/m1/s1. The predicted octanol–water partition coefficient (Wildman–Crippen LogP) is 1.28. The molecule has 2 fully saturated rings. The summed E-state index contributed by atoms with van der Waals surface area (Å²) in [5.41, 5.74) is 2.13. The molecule has 8 nitrogen and oxygen atoms in total. The van der Waals surface area contributed by atoms with Crippen molar-refractivity contribution in [3.8, 4) is 0 Å². The van der Waals surface area contributed by atoms with Crippen LogP contribution in [0.15, 0.2) is 54.9 Å². The molecule has 2 aliphatic rings. The van der Waals surface area contributed by atoms with Crippen molar-refractivity contribution in [2.75, 3.05) is 32.7 Å². The molecule has 0 saturated carbocycles. The summed E-state index contributed by atoms with van der Waals surface area (Å²) in [5.74, 6) is -0.424. The van der Waals surface area contributed by atoms with E-state index in [0.29, 0.717) is 13.1 Å². The Morgan fingerprint density at radius 3 is 2.39 bits per heavy atom. The van der Waals surface area contributed by atoms with Gasteiger partial charge in [-0.15, -0.1) is 0 Å². The van der Waals surface area contributed by atoms with Crippen LogP contribution in [0.4, 0.5) is 4.79 Å². The van der Waals surface area contributed by atoms with E-state index < -0.39 is 12.1 Å². The van der Waals surface area contributed by atoms with Gasteiger partial charge in [0.1, 0.15) is 6.04 Å². The van der Waals surface area contributed by atoms with Crippen molar-refractivity contribution in [1.29, 1.82) is 0 Å². The number of piperazine rings is 1. The summed E-state index contributed by atoms with van der Waals surface area (Å²) in [6.07, 6.45) is 4.56. The van der Waals surface area contributed by atoms with Gasteiger partial charge in [0.2, 0.25) is 5.91 Å². The first kappa shape index (κ1) is 21.0. The second-order valence-corrected chi connectivity index (χ2v) is 7.94. The number of imide groups is 1. The normalized spacial score (nSPS) is 19.5. The lowest BCUT2D eigenvalue weighted by atomic mass is 10.1. The Morgan fingerprint density at radius 1 is 0.968 bits per heavy atom. The third-order valence-electron chi connectivity index (χ3n) is 5.86. The van der Waals surface area contributed by atoms with Gasteiger partial charge in [-0.3, -0.25) is 24.4 Å². The molecule has 0 bridgehead atoms. The molecule has 2 aromatic rings. The van der Waals surface area contributed by atoms with Gasteiger partial charge >= 0.3 is 6.03 Å². The van der Waals surface area contributed by atoms with Crippen LogP contribution < -0.4 is 5.32 Å². The predicted molar refractivity (Wildman–Crippen MR) is 115 cm³/mol. The number of hydrogen-bond acceptors (Lipinski definition) is 5. The van der Waals surface area contributed by atoms with Crippen molar-refractivity contribution in [3.05, 3.63) is 66.0 Å². The maximum absolute atomic E-state index is 12.7. The first-order valence-electron chi connectivity index (χ1n) is 10.6.